The van der Waals surface area contributed by atoms with Gasteiger partial charge in [-0.2, -0.15) is 0 Å². The van der Waals surface area contributed by atoms with Crippen molar-refractivity contribution >= 4 is 18.0 Å². The van der Waals surface area contributed by atoms with Gasteiger partial charge in [0.15, 0.2) is 0 Å². The summed E-state index contributed by atoms with van der Waals surface area (Å²) in [4.78, 5) is 22.4. The molecule has 2 rings (SSSR count). The van der Waals surface area contributed by atoms with Gasteiger partial charge in [-0.3, -0.25) is 4.79 Å². The van der Waals surface area contributed by atoms with Crippen LogP contribution in [-0.2, 0) is 11.3 Å². The fourth-order valence-electron chi connectivity index (χ4n) is 1.79. The number of carbonyl (C=O) groups excluding carboxylic acids is 1. The number of amides is 1. The predicted octanol–water partition coefficient (Wildman–Crippen LogP) is 2.71. The number of carboxylic acid groups (broad SMARTS) is 1. The summed E-state index contributed by atoms with van der Waals surface area (Å²) >= 11 is 0. The van der Waals surface area contributed by atoms with E-state index in [1.54, 1.807) is 24.3 Å². The molecule has 0 spiro atoms. The monoisotopic (exact) mass is 281 g/mol. The minimum absolute atomic E-state index is 0.160. The summed E-state index contributed by atoms with van der Waals surface area (Å²) in [5, 5.41) is 11.4. The molecule has 0 fully saturated rings. The van der Waals surface area contributed by atoms with Gasteiger partial charge in [-0.25, -0.2) is 4.79 Å². The van der Waals surface area contributed by atoms with Gasteiger partial charge >= 0.3 is 5.97 Å². The molecule has 0 atom stereocenters. The van der Waals surface area contributed by atoms with E-state index in [-0.39, 0.29) is 5.91 Å². The lowest BCUT2D eigenvalue weighted by atomic mass is 10.1. The van der Waals surface area contributed by atoms with Crippen LogP contribution in [0.4, 0.5) is 0 Å². The summed E-state index contributed by atoms with van der Waals surface area (Å²) in [5.41, 5.74) is 2.31. The highest BCUT2D eigenvalue weighted by Gasteiger charge is 2.04. The number of carboxylic acids is 1. The van der Waals surface area contributed by atoms with E-state index in [0.29, 0.717) is 12.1 Å². The smallest absolute Gasteiger partial charge is 0.328 e. The Morgan fingerprint density at radius 3 is 2.29 bits per heavy atom. The second-order valence-electron chi connectivity index (χ2n) is 4.46. The Labute approximate surface area is 122 Å². The maximum Gasteiger partial charge on any atom is 0.328 e. The first-order valence-corrected chi connectivity index (χ1v) is 6.48. The van der Waals surface area contributed by atoms with Crippen LogP contribution in [-0.4, -0.2) is 17.0 Å². The molecule has 4 nitrogen and oxygen atoms in total. The van der Waals surface area contributed by atoms with Crippen LogP contribution in [0.2, 0.25) is 0 Å². The summed E-state index contributed by atoms with van der Waals surface area (Å²) in [6.45, 7) is 0.473. The van der Waals surface area contributed by atoms with Crippen molar-refractivity contribution in [3.05, 3.63) is 77.4 Å². The fraction of sp³-hybridized carbons (Fsp3) is 0.0588. The lowest BCUT2D eigenvalue weighted by molar-refractivity contribution is -0.131. The molecule has 106 valence electrons. The van der Waals surface area contributed by atoms with Crippen molar-refractivity contribution in [3.63, 3.8) is 0 Å². The van der Waals surface area contributed by atoms with E-state index >= 15 is 0 Å². The van der Waals surface area contributed by atoms with Crippen LogP contribution in [0.3, 0.4) is 0 Å². The SMILES string of the molecule is O=C(O)/C=C/c1ccc(C(=O)NCc2ccccc2)cc1. The molecule has 2 N–H and O–H groups in total. The van der Waals surface area contributed by atoms with E-state index in [9.17, 15) is 9.59 Å². The number of hydrogen-bond donors (Lipinski definition) is 2. The number of rotatable bonds is 5. The quantitative estimate of drug-likeness (QED) is 0.828. The topological polar surface area (TPSA) is 66.4 Å². The zero-order valence-electron chi connectivity index (χ0n) is 11.3. The van der Waals surface area contributed by atoms with Gasteiger partial charge in [0.1, 0.15) is 0 Å². The molecule has 21 heavy (non-hydrogen) atoms. The third-order valence-corrected chi connectivity index (χ3v) is 2.89. The van der Waals surface area contributed by atoms with E-state index in [2.05, 4.69) is 5.32 Å². The van der Waals surface area contributed by atoms with Crippen molar-refractivity contribution in [2.24, 2.45) is 0 Å². The highest BCUT2D eigenvalue weighted by Crippen LogP contribution is 2.07. The largest absolute Gasteiger partial charge is 0.478 e. The number of benzene rings is 2. The molecule has 0 saturated heterocycles. The first kappa shape index (κ1) is 14.5. The molecular weight excluding hydrogens is 266 g/mol. The lowest BCUT2D eigenvalue weighted by Crippen LogP contribution is -2.22. The molecule has 0 unspecified atom stereocenters. The maximum absolute atomic E-state index is 12.0. The van der Waals surface area contributed by atoms with Gasteiger partial charge in [-0.15, -0.1) is 0 Å². The van der Waals surface area contributed by atoms with Crippen molar-refractivity contribution in [1.29, 1.82) is 0 Å². The van der Waals surface area contributed by atoms with Gasteiger partial charge in [0.25, 0.3) is 5.91 Å². The molecule has 0 aliphatic heterocycles. The second-order valence-corrected chi connectivity index (χ2v) is 4.46. The first-order chi connectivity index (χ1) is 10.1. The summed E-state index contributed by atoms with van der Waals surface area (Å²) in [6, 6.07) is 16.4. The summed E-state index contributed by atoms with van der Waals surface area (Å²) in [7, 11) is 0. The summed E-state index contributed by atoms with van der Waals surface area (Å²) < 4.78 is 0. The average molecular weight is 281 g/mol. The zero-order valence-corrected chi connectivity index (χ0v) is 11.3. The van der Waals surface area contributed by atoms with Gasteiger partial charge in [0.2, 0.25) is 0 Å². The molecule has 0 aliphatic rings. The van der Waals surface area contributed by atoms with Crippen molar-refractivity contribution in [3.8, 4) is 0 Å². The van der Waals surface area contributed by atoms with E-state index < -0.39 is 5.97 Å². The van der Waals surface area contributed by atoms with E-state index in [4.69, 9.17) is 5.11 Å². The highest BCUT2D eigenvalue weighted by molar-refractivity contribution is 5.94. The molecule has 4 heteroatoms. The number of hydrogen-bond acceptors (Lipinski definition) is 2. The normalized spacial score (nSPS) is 10.5. The van der Waals surface area contributed by atoms with Gasteiger partial charge < -0.3 is 10.4 Å². The van der Waals surface area contributed by atoms with Crippen LogP contribution in [0.5, 0.6) is 0 Å². The van der Waals surface area contributed by atoms with Crippen LogP contribution in [0.1, 0.15) is 21.5 Å². The lowest BCUT2D eigenvalue weighted by Gasteiger charge is -2.05. The molecular formula is C17H15NO3. The van der Waals surface area contributed by atoms with Crippen LogP contribution < -0.4 is 5.32 Å². The molecule has 0 aliphatic carbocycles. The molecule has 2 aromatic rings. The molecule has 0 bridgehead atoms. The molecule has 2 aromatic carbocycles. The highest BCUT2D eigenvalue weighted by atomic mass is 16.4. The predicted molar refractivity (Wildman–Crippen MR) is 80.7 cm³/mol. The third-order valence-electron chi connectivity index (χ3n) is 2.89. The summed E-state index contributed by atoms with van der Waals surface area (Å²) in [6.07, 6.45) is 2.54. The van der Waals surface area contributed by atoms with Crippen LogP contribution in [0.25, 0.3) is 6.08 Å². The Balaban J connectivity index is 1.95. The van der Waals surface area contributed by atoms with Gasteiger partial charge in [0, 0.05) is 18.2 Å². The number of aliphatic carboxylic acids is 1. The second kappa shape index (κ2) is 7.05. The molecule has 0 radical (unpaired) electrons. The average Bonchev–Trinajstić information content (AvgIpc) is 2.52. The first-order valence-electron chi connectivity index (χ1n) is 6.48. The van der Waals surface area contributed by atoms with Crippen LogP contribution >= 0.6 is 0 Å². The van der Waals surface area contributed by atoms with Gasteiger partial charge in [-0.1, -0.05) is 42.5 Å². The molecule has 0 saturated carbocycles. The molecule has 0 heterocycles. The summed E-state index contributed by atoms with van der Waals surface area (Å²) in [5.74, 6) is -1.16. The molecule has 1 amide bonds. The van der Waals surface area contributed by atoms with Crippen molar-refractivity contribution in [2.45, 2.75) is 6.54 Å². The van der Waals surface area contributed by atoms with Gasteiger partial charge in [-0.05, 0) is 29.3 Å². The van der Waals surface area contributed by atoms with E-state index in [0.717, 1.165) is 17.2 Å². The van der Waals surface area contributed by atoms with E-state index in [1.807, 2.05) is 30.3 Å². The standard InChI is InChI=1S/C17H15NO3/c19-16(20)11-8-13-6-9-15(10-7-13)17(21)18-12-14-4-2-1-3-5-14/h1-11H,12H2,(H,18,21)(H,19,20)/b11-8+. The Hall–Kier alpha value is -2.88. The Morgan fingerprint density at radius 2 is 1.67 bits per heavy atom. The Bertz CT molecular complexity index is 645. The Morgan fingerprint density at radius 1 is 1.00 bits per heavy atom. The third kappa shape index (κ3) is 4.62. The van der Waals surface area contributed by atoms with Crippen molar-refractivity contribution in [2.75, 3.05) is 0 Å². The minimum atomic E-state index is -1.00. The fourth-order valence-corrected chi connectivity index (χ4v) is 1.79. The number of carbonyl (C=O) groups is 2. The van der Waals surface area contributed by atoms with Crippen LogP contribution in [0, 0.1) is 0 Å². The maximum atomic E-state index is 12.0. The zero-order chi connectivity index (χ0) is 15.1. The van der Waals surface area contributed by atoms with Crippen molar-refractivity contribution < 1.29 is 14.7 Å². The van der Waals surface area contributed by atoms with Crippen molar-refractivity contribution in [1.82, 2.24) is 5.32 Å². The minimum Gasteiger partial charge on any atom is -0.478 e. The Kier molecular flexibility index (Phi) is 4.88. The van der Waals surface area contributed by atoms with Gasteiger partial charge in [0.05, 0.1) is 0 Å². The van der Waals surface area contributed by atoms with E-state index in [1.165, 1.54) is 6.08 Å². The van der Waals surface area contributed by atoms with Crippen LogP contribution in [0.15, 0.2) is 60.7 Å². The molecule has 0 aromatic heterocycles. The number of nitrogens with one attached hydrogen (secondary N) is 1.